The highest BCUT2D eigenvalue weighted by atomic mass is 32.2. The van der Waals surface area contributed by atoms with Gasteiger partial charge in [-0.2, -0.15) is 0 Å². The second kappa shape index (κ2) is 4.93. The number of rotatable bonds is 5. The van der Waals surface area contributed by atoms with Crippen LogP contribution in [0.25, 0.3) is 0 Å². The highest BCUT2D eigenvalue weighted by molar-refractivity contribution is 7.92. The summed E-state index contributed by atoms with van der Waals surface area (Å²) in [6, 6.07) is 3.30. The topological polar surface area (TPSA) is 96.4 Å². The number of aromatic nitrogens is 1. The summed E-state index contributed by atoms with van der Waals surface area (Å²) in [6.07, 6.45) is 1.05. The van der Waals surface area contributed by atoms with Crippen molar-refractivity contribution in [3.05, 3.63) is 23.9 Å². The van der Waals surface area contributed by atoms with Crippen LogP contribution in [-0.4, -0.2) is 30.2 Å². The molecule has 1 rings (SSSR count). The van der Waals surface area contributed by atoms with Crippen molar-refractivity contribution >= 4 is 21.8 Å². The molecule has 0 atom stereocenters. The number of hydrogen-bond acceptors (Lipinski definition) is 4. The van der Waals surface area contributed by atoms with Crippen LogP contribution in [0.4, 0.5) is 5.82 Å². The first kappa shape index (κ1) is 12.4. The number of sulfonamides is 1. The SMILES string of the molecule is Cc1ccnc(NS(=O)(=O)CCC(=O)O)c1. The van der Waals surface area contributed by atoms with E-state index in [2.05, 4.69) is 9.71 Å². The van der Waals surface area contributed by atoms with E-state index in [-0.39, 0.29) is 5.82 Å². The molecule has 0 fully saturated rings. The van der Waals surface area contributed by atoms with Crippen molar-refractivity contribution in [1.29, 1.82) is 0 Å². The minimum atomic E-state index is -3.64. The minimum Gasteiger partial charge on any atom is -0.481 e. The Morgan fingerprint density at radius 1 is 1.56 bits per heavy atom. The second-order valence-corrected chi connectivity index (χ2v) is 5.12. The zero-order valence-corrected chi connectivity index (χ0v) is 9.49. The van der Waals surface area contributed by atoms with Crippen molar-refractivity contribution in [3.8, 4) is 0 Å². The Morgan fingerprint density at radius 3 is 2.81 bits per heavy atom. The Balaban J connectivity index is 2.69. The number of aryl methyl sites for hydroxylation is 1. The van der Waals surface area contributed by atoms with Gasteiger partial charge in [0.05, 0.1) is 12.2 Å². The van der Waals surface area contributed by atoms with Crippen molar-refractivity contribution < 1.29 is 18.3 Å². The lowest BCUT2D eigenvalue weighted by Crippen LogP contribution is -2.19. The third-order valence-corrected chi connectivity index (χ3v) is 3.02. The van der Waals surface area contributed by atoms with Crippen LogP contribution in [0.15, 0.2) is 18.3 Å². The van der Waals surface area contributed by atoms with Gasteiger partial charge in [-0.1, -0.05) is 0 Å². The van der Waals surface area contributed by atoms with E-state index in [9.17, 15) is 13.2 Å². The van der Waals surface area contributed by atoms with E-state index in [4.69, 9.17) is 5.11 Å². The molecule has 0 aliphatic rings. The minimum absolute atomic E-state index is 0.199. The molecule has 0 saturated carbocycles. The Morgan fingerprint density at radius 2 is 2.25 bits per heavy atom. The molecule has 0 spiro atoms. The molecular weight excluding hydrogens is 232 g/mol. The molecule has 1 aromatic rings. The van der Waals surface area contributed by atoms with Gasteiger partial charge < -0.3 is 5.11 Å². The van der Waals surface area contributed by atoms with E-state index in [0.717, 1.165) is 5.56 Å². The van der Waals surface area contributed by atoms with Gasteiger partial charge >= 0.3 is 5.97 Å². The molecule has 0 aliphatic carbocycles. The van der Waals surface area contributed by atoms with Gasteiger partial charge in [-0.15, -0.1) is 0 Å². The van der Waals surface area contributed by atoms with Crippen LogP contribution in [0.5, 0.6) is 0 Å². The Hall–Kier alpha value is -1.63. The largest absolute Gasteiger partial charge is 0.481 e. The van der Waals surface area contributed by atoms with Gasteiger partial charge in [0.25, 0.3) is 0 Å². The van der Waals surface area contributed by atoms with Crippen molar-refractivity contribution in [2.45, 2.75) is 13.3 Å². The number of anilines is 1. The van der Waals surface area contributed by atoms with Crippen LogP contribution in [0, 0.1) is 6.92 Å². The predicted molar refractivity (Wildman–Crippen MR) is 58.6 cm³/mol. The Labute approximate surface area is 93.4 Å². The van der Waals surface area contributed by atoms with Crippen molar-refractivity contribution in [1.82, 2.24) is 4.98 Å². The summed E-state index contributed by atoms with van der Waals surface area (Å²) in [4.78, 5) is 14.1. The number of pyridine rings is 1. The number of aliphatic carboxylic acids is 1. The van der Waals surface area contributed by atoms with Gasteiger partial charge in [-0.25, -0.2) is 13.4 Å². The predicted octanol–water partition coefficient (Wildman–Crippen LogP) is 0.606. The van der Waals surface area contributed by atoms with Gasteiger partial charge in [0.1, 0.15) is 5.82 Å². The van der Waals surface area contributed by atoms with E-state index in [1.54, 1.807) is 19.1 Å². The molecule has 0 aromatic carbocycles. The summed E-state index contributed by atoms with van der Waals surface area (Å²) >= 11 is 0. The molecule has 0 amide bonds. The zero-order valence-electron chi connectivity index (χ0n) is 8.67. The molecule has 2 N–H and O–H groups in total. The third kappa shape index (κ3) is 4.26. The monoisotopic (exact) mass is 244 g/mol. The van der Waals surface area contributed by atoms with Gasteiger partial charge in [0, 0.05) is 6.20 Å². The zero-order chi connectivity index (χ0) is 12.2. The van der Waals surface area contributed by atoms with Crippen molar-refractivity contribution in [2.24, 2.45) is 0 Å². The summed E-state index contributed by atoms with van der Waals surface area (Å²) in [5.41, 5.74) is 0.867. The molecule has 88 valence electrons. The van der Waals surface area contributed by atoms with Crippen molar-refractivity contribution in [3.63, 3.8) is 0 Å². The second-order valence-electron chi connectivity index (χ2n) is 3.28. The summed E-state index contributed by atoms with van der Waals surface area (Å²) in [5, 5.41) is 8.38. The van der Waals surface area contributed by atoms with E-state index in [0.29, 0.717) is 0 Å². The fourth-order valence-electron chi connectivity index (χ4n) is 1.02. The van der Waals surface area contributed by atoms with Crippen molar-refractivity contribution in [2.75, 3.05) is 10.5 Å². The molecule has 7 heteroatoms. The smallest absolute Gasteiger partial charge is 0.304 e. The van der Waals surface area contributed by atoms with Gasteiger partial charge in [-0.05, 0) is 24.6 Å². The third-order valence-electron chi connectivity index (χ3n) is 1.76. The van der Waals surface area contributed by atoms with Crippen LogP contribution in [0.2, 0.25) is 0 Å². The average molecular weight is 244 g/mol. The van der Waals surface area contributed by atoms with Crippen LogP contribution in [0.1, 0.15) is 12.0 Å². The Kier molecular flexibility index (Phi) is 3.83. The number of nitrogens with one attached hydrogen (secondary N) is 1. The summed E-state index contributed by atoms with van der Waals surface area (Å²) in [7, 11) is -3.64. The average Bonchev–Trinajstić information content (AvgIpc) is 2.14. The van der Waals surface area contributed by atoms with Crippen LogP contribution in [-0.2, 0) is 14.8 Å². The fourth-order valence-corrected chi connectivity index (χ4v) is 2.00. The van der Waals surface area contributed by atoms with E-state index >= 15 is 0 Å². The lowest BCUT2D eigenvalue weighted by Gasteiger charge is -2.06. The van der Waals surface area contributed by atoms with Gasteiger partial charge in [0.2, 0.25) is 10.0 Å². The first-order chi connectivity index (χ1) is 7.39. The first-order valence-electron chi connectivity index (χ1n) is 4.54. The number of hydrogen-bond donors (Lipinski definition) is 2. The first-order valence-corrected chi connectivity index (χ1v) is 6.19. The Bertz CT molecular complexity index is 484. The number of carboxylic acids is 1. The molecule has 0 saturated heterocycles. The molecule has 0 radical (unpaired) electrons. The maximum Gasteiger partial charge on any atom is 0.304 e. The molecule has 0 unspecified atom stereocenters. The molecule has 1 heterocycles. The van der Waals surface area contributed by atoms with E-state index in [1.807, 2.05) is 0 Å². The quantitative estimate of drug-likeness (QED) is 0.790. The summed E-state index contributed by atoms with van der Waals surface area (Å²) in [6.45, 7) is 1.80. The maximum absolute atomic E-state index is 11.4. The highest BCUT2D eigenvalue weighted by Crippen LogP contribution is 2.08. The van der Waals surface area contributed by atoms with Gasteiger partial charge in [-0.3, -0.25) is 9.52 Å². The number of nitrogens with zero attached hydrogens (tertiary/aromatic N) is 1. The standard InChI is InChI=1S/C9H12N2O4S/c1-7-2-4-10-8(6-7)11-16(14,15)5-3-9(12)13/h2,4,6H,3,5H2,1H3,(H,10,11)(H,12,13). The molecular formula is C9H12N2O4S. The highest BCUT2D eigenvalue weighted by Gasteiger charge is 2.13. The lowest BCUT2D eigenvalue weighted by molar-refractivity contribution is -0.136. The van der Waals surface area contributed by atoms with Crippen LogP contribution in [0.3, 0.4) is 0 Å². The maximum atomic E-state index is 11.4. The molecule has 0 bridgehead atoms. The van der Waals surface area contributed by atoms with Crippen LogP contribution >= 0.6 is 0 Å². The van der Waals surface area contributed by atoms with Crippen LogP contribution < -0.4 is 4.72 Å². The molecule has 0 aliphatic heterocycles. The number of carbonyl (C=O) groups is 1. The molecule has 6 nitrogen and oxygen atoms in total. The molecule has 16 heavy (non-hydrogen) atoms. The number of carboxylic acid groups (broad SMARTS) is 1. The molecule has 1 aromatic heterocycles. The van der Waals surface area contributed by atoms with E-state index in [1.165, 1.54) is 6.20 Å². The lowest BCUT2D eigenvalue weighted by atomic mass is 10.3. The van der Waals surface area contributed by atoms with Gasteiger partial charge in [0.15, 0.2) is 0 Å². The summed E-state index contributed by atoms with van der Waals surface area (Å²) < 4.78 is 25.0. The van der Waals surface area contributed by atoms with E-state index < -0.39 is 28.2 Å². The summed E-state index contributed by atoms with van der Waals surface area (Å²) in [5.74, 6) is -1.41. The fraction of sp³-hybridized carbons (Fsp3) is 0.333. The normalized spacial score (nSPS) is 11.1.